The molecule has 0 fully saturated rings. The van der Waals surface area contributed by atoms with Crippen LogP contribution in [0, 0.1) is 0 Å². The van der Waals surface area contributed by atoms with E-state index in [0.717, 1.165) is 23.7 Å². The highest BCUT2D eigenvalue weighted by molar-refractivity contribution is 6.30. The highest BCUT2D eigenvalue weighted by Gasteiger charge is 2.22. The molecule has 0 bridgehead atoms. The molecular weight excluding hydrogens is 366 g/mol. The van der Waals surface area contributed by atoms with Crippen LogP contribution in [0.2, 0.25) is 5.02 Å². The molecule has 0 aromatic heterocycles. The third-order valence-corrected chi connectivity index (χ3v) is 6.09. The number of halogens is 1. The molecule has 0 unspecified atom stereocenters. The molecule has 0 aliphatic rings. The van der Waals surface area contributed by atoms with Crippen molar-refractivity contribution in [1.29, 1.82) is 0 Å². The first-order valence-electron chi connectivity index (χ1n) is 11.8. The Balaban J connectivity index is 2.52. The molecule has 1 aromatic rings. The zero-order valence-corrected chi connectivity index (χ0v) is 19.4. The average molecular weight is 410 g/mol. The number of hydrogen-bond acceptors (Lipinski definition) is 2. The topological polar surface area (TPSA) is 23.5 Å². The summed E-state index contributed by atoms with van der Waals surface area (Å²) < 4.78 is 0. The Morgan fingerprint density at radius 3 is 1.64 bits per heavy atom. The van der Waals surface area contributed by atoms with Crippen LogP contribution in [0.1, 0.15) is 109 Å². The van der Waals surface area contributed by atoms with Gasteiger partial charge in [-0.1, -0.05) is 102 Å². The largest absolute Gasteiger partial charge is 0.387 e. The fraction of sp³-hybridized carbons (Fsp3) is 0.760. The maximum atomic E-state index is 10.9. The second-order valence-electron chi connectivity index (χ2n) is 8.31. The van der Waals surface area contributed by atoms with E-state index >= 15 is 0 Å². The fourth-order valence-corrected chi connectivity index (χ4v) is 3.97. The van der Waals surface area contributed by atoms with Gasteiger partial charge >= 0.3 is 0 Å². The Bertz CT molecular complexity index is 460. The average Bonchev–Trinajstić information content (AvgIpc) is 2.71. The molecule has 0 saturated heterocycles. The van der Waals surface area contributed by atoms with Crippen molar-refractivity contribution < 1.29 is 5.11 Å². The molecule has 28 heavy (non-hydrogen) atoms. The highest BCUT2D eigenvalue weighted by atomic mass is 35.5. The molecule has 0 amide bonds. The number of aliphatic hydroxyl groups is 1. The summed E-state index contributed by atoms with van der Waals surface area (Å²) in [5.74, 6) is 0. The van der Waals surface area contributed by atoms with Gasteiger partial charge in [-0.3, -0.25) is 4.90 Å². The van der Waals surface area contributed by atoms with Crippen molar-refractivity contribution in [3.05, 3.63) is 34.9 Å². The van der Waals surface area contributed by atoms with E-state index < -0.39 is 6.10 Å². The van der Waals surface area contributed by atoms with Gasteiger partial charge in [-0.15, -0.1) is 0 Å². The fourth-order valence-electron chi connectivity index (χ4n) is 3.85. The molecule has 0 saturated carbocycles. The Morgan fingerprint density at radius 1 is 0.750 bits per heavy atom. The lowest BCUT2D eigenvalue weighted by atomic mass is 10.0. The maximum absolute atomic E-state index is 10.9. The predicted molar refractivity (Wildman–Crippen MR) is 124 cm³/mol. The molecule has 1 rings (SSSR count). The summed E-state index contributed by atoms with van der Waals surface area (Å²) in [4.78, 5) is 2.51. The molecule has 0 radical (unpaired) electrons. The van der Waals surface area contributed by atoms with Crippen LogP contribution in [0.5, 0.6) is 0 Å². The summed E-state index contributed by atoms with van der Waals surface area (Å²) >= 11 is 6.01. The summed E-state index contributed by atoms with van der Waals surface area (Å²) in [6, 6.07) is 7.79. The number of aliphatic hydroxyl groups excluding tert-OH is 1. The molecule has 0 heterocycles. The van der Waals surface area contributed by atoms with Gasteiger partial charge in [0.25, 0.3) is 0 Å². The molecule has 2 nitrogen and oxygen atoms in total. The normalized spacial score (nSPS) is 13.8. The molecular formula is C25H44ClNO. The third kappa shape index (κ3) is 10.8. The van der Waals surface area contributed by atoms with Crippen molar-refractivity contribution in [2.24, 2.45) is 0 Å². The minimum absolute atomic E-state index is 0.132. The van der Waals surface area contributed by atoms with Gasteiger partial charge in [0.05, 0.1) is 6.10 Å². The SMILES string of the molecule is CCCCCCCCN(CCCCCCCC)[C@H](C)[C@H](O)c1ccc(Cl)cc1. The van der Waals surface area contributed by atoms with Crippen LogP contribution in [0.4, 0.5) is 0 Å². The van der Waals surface area contributed by atoms with Gasteiger partial charge in [-0.05, 0) is 50.6 Å². The van der Waals surface area contributed by atoms with Crippen LogP contribution < -0.4 is 0 Å². The molecule has 0 aliphatic carbocycles. The van der Waals surface area contributed by atoms with Gasteiger partial charge in [0.2, 0.25) is 0 Å². The second-order valence-corrected chi connectivity index (χ2v) is 8.74. The first-order valence-corrected chi connectivity index (χ1v) is 12.2. The Kier molecular flexibility index (Phi) is 14.8. The van der Waals surface area contributed by atoms with E-state index in [9.17, 15) is 5.11 Å². The third-order valence-electron chi connectivity index (χ3n) is 5.84. The number of nitrogens with zero attached hydrogens (tertiary/aromatic N) is 1. The molecule has 1 aromatic carbocycles. The molecule has 0 spiro atoms. The van der Waals surface area contributed by atoms with Crippen molar-refractivity contribution in [2.45, 2.75) is 110 Å². The van der Waals surface area contributed by atoms with Gasteiger partial charge in [-0.25, -0.2) is 0 Å². The molecule has 162 valence electrons. The quantitative estimate of drug-likeness (QED) is 0.265. The zero-order valence-electron chi connectivity index (χ0n) is 18.6. The lowest BCUT2D eigenvalue weighted by molar-refractivity contribution is 0.0554. The summed E-state index contributed by atoms with van der Waals surface area (Å²) in [7, 11) is 0. The smallest absolute Gasteiger partial charge is 0.0942 e. The minimum Gasteiger partial charge on any atom is -0.387 e. The predicted octanol–water partition coefficient (Wildman–Crippen LogP) is 7.78. The van der Waals surface area contributed by atoms with E-state index in [2.05, 4.69) is 25.7 Å². The van der Waals surface area contributed by atoms with E-state index in [0.29, 0.717) is 0 Å². The standard InChI is InChI=1S/C25H44ClNO/c1-4-6-8-10-12-14-20-27(21-15-13-11-9-7-5-2)22(3)25(28)23-16-18-24(26)19-17-23/h16-19,22,25,28H,4-15,20-21H2,1-3H3/t22-,25+/m1/s1. The Labute approximate surface area is 179 Å². The van der Waals surface area contributed by atoms with E-state index in [1.54, 1.807) is 0 Å². The van der Waals surface area contributed by atoms with Gasteiger partial charge in [0, 0.05) is 11.1 Å². The maximum Gasteiger partial charge on any atom is 0.0942 e. The van der Waals surface area contributed by atoms with Gasteiger partial charge in [-0.2, -0.15) is 0 Å². The van der Waals surface area contributed by atoms with Crippen LogP contribution in [0.15, 0.2) is 24.3 Å². The highest BCUT2D eigenvalue weighted by Crippen LogP contribution is 2.24. The summed E-state index contributed by atoms with van der Waals surface area (Å²) in [5.41, 5.74) is 0.966. The first kappa shape index (κ1) is 25.5. The lowest BCUT2D eigenvalue weighted by Gasteiger charge is -2.33. The number of rotatable bonds is 17. The van der Waals surface area contributed by atoms with Gasteiger partial charge in [0.1, 0.15) is 0 Å². The van der Waals surface area contributed by atoms with Crippen LogP contribution in [-0.4, -0.2) is 29.1 Å². The minimum atomic E-state index is -0.461. The van der Waals surface area contributed by atoms with Crippen LogP contribution in [0.25, 0.3) is 0 Å². The van der Waals surface area contributed by atoms with Crippen LogP contribution >= 0.6 is 11.6 Å². The summed E-state index contributed by atoms with van der Waals surface area (Å²) in [5, 5.41) is 11.6. The number of unbranched alkanes of at least 4 members (excludes halogenated alkanes) is 10. The monoisotopic (exact) mass is 409 g/mol. The van der Waals surface area contributed by atoms with Crippen LogP contribution in [-0.2, 0) is 0 Å². The Hall–Kier alpha value is -0.570. The summed E-state index contributed by atoms with van der Waals surface area (Å²) in [6.45, 7) is 8.89. The van der Waals surface area contributed by atoms with E-state index in [1.165, 1.54) is 77.0 Å². The lowest BCUT2D eigenvalue weighted by Crippen LogP contribution is -2.39. The zero-order chi connectivity index (χ0) is 20.6. The number of hydrogen-bond donors (Lipinski definition) is 1. The molecule has 2 atom stereocenters. The van der Waals surface area contributed by atoms with E-state index in [-0.39, 0.29) is 6.04 Å². The summed E-state index contributed by atoms with van der Waals surface area (Å²) in [6.07, 6.45) is 15.3. The molecule has 1 N–H and O–H groups in total. The van der Waals surface area contributed by atoms with Crippen molar-refractivity contribution in [2.75, 3.05) is 13.1 Å². The van der Waals surface area contributed by atoms with Gasteiger partial charge in [0.15, 0.2) is 0 Å². The van der Waals surface area contributed by atoms with E-state index in [4.69, 9.17) is 11.6 Å². The van der Waals surface area contributed by atoms with Crippen molar-refractivity contribution in [1.82, 2.24) is 4.90 Å². The van der Waals surface area contributed by atoms with Crippen molar-refractivity contribution in [3.63, 3.8) is 0 Å². The van der Waals surface area contributed by atoms with Gasteiger partial charge < -0.3 is 5.11 Å². The molecule has 3 heteroatoms. The van der Waals surface area contributed by atoms with Crippen molar-refractivity contribution >= 4 is 11.6 Å². The molecule has 0 aliphatic heterocycles. The van der Waals surface area contributed by atoms with Crippen LogP contribution in [0.3, 0.4) is 0 Å². The first-order chi connectivity index (χ1) is 13.6. The second kappa shape index (κ2) is 16.3. The van der Waals surface area contributed by atoms with E-state index in [1.807, 2.05) is 24.3 Å². The number of benzene rings is 1. The van der Waals surface area contributed by atoms with Crippen molar-refractivity contribution in [3.8, 4) is 0 Å². The Morgan fingerprint density at radius 2 is 1.18 bits per heavy atom.